The van der Waals surface area contributed by atoms with Crippen LogP contribution in [0.2, 0.25) is 0 Å². The highest BCUT2D eigenvalue weighted by Gasteiger charge is 2.16. The Balaban J connectivity index is 1.82. The second-order valence-electron chi connectivity index (χ2n) is 6.43. The Bertz CT molecular complexity index is 1090. The highest BCUT2D eigenvalue weighted by Crippen LogP contribution is 2.25. The summed E-state index contributed by atoms with van der Waals surface area (Å²) >= 11 is 0. The highest BCUT2D eigenvalue weighted by atomic mass is 19.1. The van der Waals surface area contributed by atoms with Crippen LogP contribution >= 0.6 is 0 Å². The second kappa shape index (κ2) is 7.19. The zero-order valence-corrected chi connectivity index (χ0v) is 14.8. The maximum Gasteiger partial charge on any atom is 0.252 e. The van der Waals surface area contributed by atoms with Gasteiger partial charge in [0.1, 0.15) is 17.4 Å². The van der Waals surface area contributed by atoms with Gasteiger partial charge >= 0.3 is 0 Å². The molecule has 0 saturated heterocycles. The smallest absolute Gasteiger partial charge is 0.252 e. The Morgan fingerprint density at radius 3 is 2.67 bits per heavy atom. The molecule has 3 aromatic rings. The van der Waals surface area contributed by atoms with Gasteiger partial charge in [0.05, 0.1) is 12.5 Å². The number of benzene rings is 2. The molecule has 0 radical (unpaired) electrons. The minimum Gasteiger partial charge on any atom is -0.508 e. The molecule has 0 fully saturated rings. The third kappa shape index (κ3) is 3.81. The molecule has 7 heteroatoms. The Morgan fingerprint density at radius 1 is 1.22 bits per heavy atom. The number of hydrogen-bond acceptors (Lipinski definition) is 3. The van der Waals surface area contributed by atoms with E-state index in [4.69, 9.17) is 0 Å². The lowest BCUT2D eigenvalue weighted by Gasteiger charge is -2.15. The fourth-order valence-electron chi connectivity index (χ4n) is 2.98. The summed E-state index contributed by atoms with van der Waals surface area (Å²) in [5.74, 6) is -1.84. The molecular formula is C20H18F2N2O3. The van der Waals surface area contributed by atoms with Gasteiger partial charge < -0.3 is 15.4 Å². The first-order valence-electron chi connectivity index (χ1n) is 8.35. The van der Waals surface area contributed by atoms with Crippen LogP contribution in [0.4, 0.5) is 8.78 Å². The number of nitrogens with one attached hydrogen (secondary N) is 2. The number of hydrogen-bond donors (Lipinski definition) is 3. The van der Waals surface area contributed by atoms with Crippen LogP contribution < -0.4 is 10.9 Å². The summed E-state index contributed by atoms with van der Waals surface area (Å²) in [6.45, 7) is 3.28. The quantitative estimate of drug-likeness (QED) is 0.658. The average molecular weight is 372 g/mol. The van der Waals surface area contributed by atoms with E-state index in [-0.39, 0.29) is 23.3 Å². The van der Waals surface area contributed by atoms with Crippen molar-refractivity contribution in [2.24, 2.45) is 0 Å². The molecule has 0 aliphatic rings. The molecule has 0 aliphatic heterocycles. The van der Waals surface area contributed by atoms with E-state index in [1.54, 1.807) is 26.0 Å². The van der Waals surface area contributed by atoms with E-state index in [1.807, 2.05) is 0 Å². The summed E-state index contributed by atoms with van der Waals surface area (Å²) in [4.78, 5) is 27.2. The number of aromatic amines is 1. The van der Waals surface area contributed by atoms with E-state index in [9.17, 15) is 23.5 Å². The fourth-order valence-corrected chi connectivity index (χ4v) is 2.98. The number of halogens is 2. The van der Waals surface area contributed by atoms with Gasteiger partial charge in [0.2, 0.25) is 5.91 Å². The molecule has 2 aromatic carbocycles. The molecule has 140 valence electrons. The Labute approximate surface area is 153 Å². The van der Waals surface area contributed by atoms with Gasteiger partial charge in [-0.1, -0.05) is 6.07 Å². The van der Waals surface area contributed by atoms with Crippen molar-refractivity contribution in [3.8, 4) is 5.75 Å². The Kier molecular flexibility index (Phi) is 4.94. The van der Waals surface area contributed by atoms with Gasteiger partial charge in [-0.3, -0.25) is 9.59 Å². The standard InChI is InChI=1S/C20H18F2N2O3/c1-10-15-7-12(20(27)24-17(15)5-6-18(10)25)8-19(26)23-11(2)14-4-3-13(21)9-16(14)22/h3-7,9,11,25H,8H2,1-2H3,(H,23,26)(H,24,27)/t11-/m0/s1. The zero-order chi connectivity index (χ0) is 19.7. The molecule has 0 aliphatic carbocycles. The van der Waals surface area contributed by atoms with Crippen molar-refractivity contribution >= 4 is 16.8 Å². The molecule has 0 saturated carbocycles. The van der Waals surface area contributed by atoms with Crippen LogP contribution in [0, 0.1) is 18.6 Å². The van der Waals surface area contributed by atoms with Crippen LogP contribution in [0.15, 0.2) is 41.2 Å². The van der Waals surface area contributed by atoms with Crippen molar-refractivity contribution in [3.05, 3.63) is 75.1 Å². The van der Waals surface area contributed by atoms with Gasteiger partial charge in [-0.05, 0) is 38.1 Å². The lowest BCUT2D eigenvalue weighted by molar-refractivity contribution is -0.121. The number of fused-ring (bicyclic) bond motifs is 1. The number of H-pyrrole nitrogens is 1. The maximum atomic E-state index is 13.8. The highest BCUT2D eigenvalue weighted by molar-refractivity contribution is 5.86. The molecule has 1 heterocycles. The number of aryl methyl sites for hydroxylation is 1. The van der Waals surface area contributed by atoms with Crippen molar-refractivity contribution < 1.29 is 18.7 Å². The summed E-state index contributed by atoms with van der Waals surface area (Å²) in [5.41, 5.74) is 1.11. The van der Waals surface area contributed by atoms with Gasteiger partial charge in [-0.25, -0.2) is 8.78 Å². The number of amides is 1. The number of phenols is 1. The van der Waals surface area contributed by atoms with Gasteiger partial charge in [0.15, 0.2) is 0 Å². The molecule has 27 heavy (non-hydrogen) atoms. The van der Waals surface area contributed by atoms with Crippen LogP contribution in [0.5, 0.6) is 5.75 Å². The first-order valence-corrected chi connectivity index (χ1v) is 8.35. The summed E-state index contributed by atoms with van der Waals surface area (Å²) in [5, 5.41) is 13.1. The number of pyridine rings is 1. The minimum atomic E-state index is -0.752. The van der Waals surface area contributed by atoms with Crippen LogP contribution in [0.3, 0.4) is 0 Å². The van der Waals surface area contributed by atoms with Crippen LogP contribution in [-0.4, -0.2) is 16.0 Å². The van der Waals surface area contributed by atoms with Crippen molar-refractivity contribution in [1.29, 1.82) is 0 Å². The number of phenolic OH excluding ortho intramolecular Hbond substituents is 1. The van der Waals surface area contributed by atoms with Crippen molar-refractivity contribution in [1.82, 2.24) is 10.3 Å². The first-order chi connectivity index (χ1) is 12.8. The molecule has 3 N–H and O–H groups in total. The summed E-state index contributed by atoms with van der Waals surface area (Å²) in [6.07, 6.45) is -0.215. The normalized spacial score (nSPS) is 12.1. The van der Waals surface area contributed by atoms with Crippen molar-refractivity contribution in [2.75, 3.05) is 0 Å². The lowest BCUT2D eigenvalue weighted by atomic mass is 10.0. The Hall–Kier alpha value is -3.22. The molecular weight excluding hydrogens is 354 g/mol. The summed E-state index contributed by atoms with van der Waals surface area (Å²) in [6, 6.07) is 7.08. The summed E-state index contributed by atoms with van der Waals surface area (Å²) in [7, 11) is 0. The molecule has 1 amide bonds. The van der Waals surface area contributed by atoms with E-state index in [2.05, 4.69) is 10.3 Å². The van der Waals surface area contributed by atoms with Crippen LogP contribution in [0.25, 0.3) is 10.9 Å². The number of aromatic nitrogens is 1. The molecule has 0 spiro atoms. The predicted molar refractivity (Wildman–Crippen MR) is 97.6 cm³/mol. The topological polar surface area (TPSA) is 82.2 Å². The largest absolute Gasteiger partial charge is 0.508 e. The van der Waals surface area contributed by atoms with Gasteiger partial charge in [-0.15, -0.1) is 0 Å². The van der Waals surface area contributed by atoms with Gasteiger partial charge in [0.25, 0.3) is 5.56 Å². The van der Waals surface area contributed by atoms with Crippen molar-refractivity contribution in [3.63, 3.8) is 0 Å². The predicted octanol–water partition coefficient (Wildman–Crippen LogP) is 3.24. The van der Waals surface area contributed by atoms with E-state index >= 15 is 0 Å². The maximum absolute atomic E-state index is 13.8. The van der Waals surface area contributed by atoms with Crippen LogP contribution in [0.1, 0.15) is 29.7 Å². The Morgan fingerprint density at radius 2 is 1.96 bits per heavy atom. The molecule has 1 aromatic heterocycles. The summed E-state index contributed by atoms with van der Waals surface area (Å²) < 4.78 is 26.8. The van der Waals surface area contributed by atoms with E-state index < -0.39 is 29.1 Å². The molecule has 5 nitrogen and oxygen atoms in total. The number of carbonyl (C=O) groups is 1. The first kappa shape index (κ1) is 18.6. The number of aromatic hydroxyl groups is 1. The fraction of sp³-hybridized carbons (Fsp3) is 0.200. The SMILES string of the molecule is Cc1c(O)ccc2[nH]c(=O)c(CC(=O)N[C@@H](C)c3ccc(F)cc3F)cc12. The monoisotopic (exact) mass is 372 g/mol. The average Bonchev–Trinajstić information content (AvgIpc) is 2.59. The third-order valence-electron chi connectivity index (χ3n) is 4.50. The minimum absolute atomic E-state index is 0.0883. The molecule has 3 rings (SSSR count). The van der Waals surface area contributed by atoms with E-state index in [1.165, 1.54) is 12.1 Å². The van der Waals surface area contributed by atoms with E-state index in [0.29, 0.717) is 16.5 Å². The van der Waals surface area contributed by atoms with Gasteiger partial charge in [-0.2, -0.15) is 0 Å². The zero-order valence-electron chi connectivity index (χ0n) is 14.8. The van der Waals surface area contributed by atoms with E-state index in [0.717, 1.165) is 12.1 Å². The third-order valence-corrected chi connectivity index (χ3v) is 4.50. The number of rotatable bonds is 4. The molecule has 1 atom stereocenters. The van der Waals surface area contributed by atoms with Crippen molar-refractivity contribution in [2.45, 2.75) is 26.3 Å². The van der Waals surface area contributed by atoms with Crippen LogP contribution in [-0.2, 0) is 11.2 Å². The van der Waals surface area contributed by atoms with Gasteiger partial charge in [0, 0.05) is 33.7 Å². The second-order valence-corrected chi connectivity index (χ2v) is 6.43. The lowest BCUT2D eigenvalue weighted by Crippen LogP contribution is -2.30. The molecule has 0 bridgehead atoms. The molecule has 0 unspecified atom stereocenters. The number of carbonyl (C=O) groups excluding carboxylic acids is 1.